The predicted octanol–water partition coefficient (Wildman–Crippen LogP) is 4.47. The maximum absolute atomic E-state index is 12.8. The highest BCUT2D eigenvalue weighted by Crippen LogP contribution is 2.34. The van der Waals surface area contributed by atoms with Gasteiger partial charge in [0.2, 0.25) is 0 Å². The van der Waals surface area contributed by atoms with Crippen molar-refractivity contribution in [2.45, 2.75) is 39.5 Å². The number of hydrogen-bond donors (Lipinski definition) is 1. The molecule has 1 amide bonds. The lowest BCUT2D eigenvalue weighted by atomic mass is 9.85. The van der Waals surface area contributed by atoms with E-state index in [1.807, 2.05) is 30.3 Å². The summed E-state index contributed by atoms with van der Waals surface area (Å²) >= 11 is 0. The molecular formula is C27H37N3O2. The summed E-state index contributed by atoms with van der Waals surface area (Å²) in [5, 5.41) is 3.03. The van der Waals surface area contributed by atoms with Crippen molar-refractivity contribution in [1.82, 2.24) is 9.80 Å². The van der Waals surface area contributed by atoms with Crippen molar-refractivity contribution in [2.75, 3.05) is 51.7 Å². The smallest absolute Gasteiger partial charge is 0.255 e. The van der Waals surface area contributed by atoms with Crippen molar-refractivity contribution in [3.63, 3.8) is 0 Å². The van der Waals surface area contributed by atoms with Crippen molar-refractivity contribution in [2.24, 2.45) is 5.41 Å². The Morgan fingerprint density at radius 3 is 2.38 bits per heavy atom. The van der Waals surface area contributed by atoms with Crippen molar-refractivity contribution >= 4 is 11.6 Å². The van der Waals surface area contributed by atoms with E-state index in [2.05, 4.69) is 48.1 Å². The van der Waals surface area contributed by atoms with Gasteiger partial charge in [0.1, 0.15) is 12.4 Å². The zero-order chi connectivity index (χ0) is 22.6. The van der Waals surface area contributed by atoms with E-state index in [0.717, 1.165) is 62.6 Å². The van der Waals surface area contributed by atoms with E-state index in [1.165, 1.54) is 24.0 Å². The van der Waals surface area contributed by atoms with Crippen LogP contribution in [0, 0.1) is 5.41 Å². The molecule has 1 heterocycles. The van der Waals surface area contributed by atoms with Crippen LogP contribution in [0.15, 0.2) is 42.5 Å². The molecule has 5 heteroatoms. The number of nitrogens with zero attached hydrogens (tertiary/aromatic N) is 2. The van der Waals surface area contributed by atoms with Crippen molar-refractivity contribution in [3.05, 3.63) is 59.2 Å². The standard InChI is InChI=1S/C27H37N3O2/c1-27(2)12-10-21-4-5-23(20-22(21)11-13-27)26(31)28-24-6-8-25(9-7-24)32-19-18-30-16-14-29(3)15-17-30/h4-9,20H,10-19H2,1-3H3,(H,28,31). The van der Waals surface area contributed by atoms with Gasteiger partial charge >= 0.3 is 0 Å². The van der Waals surface area contributed by atoms with Gasteiger partial charge in [-0.15, -0.1) is 0 Å². The average Bonchev–Trinajstić information content (AvgIpc) is 2.94. The minimum absolute atomic E-state index is 0.0555. The van der Waals surface area contributed by atoms with Crippen LogP contribution in [0.2, 0.25) is 0 Å². The van der Waals surface area contributed by atoms with Gasteiger partial charge in [-0.25, -0.2) is 0 Å². The monoisotopic (exact) mass is 435 g/mol. The van der Waals surface area contributed by atoms with E-state index in [-0.39, 0.29) is 5.91 Å². The molecule has 0 spiro atoms. The number of rotatable bonds is 6. The third-order valence-corrected chi connectivity index (χ3v) is 7.00. The highest BCUT2D eigenvalue weighted by Gasteiger charge is 2.23. The number of nitrogens with one attached hydrogen (secondary N) is 1. The first-order chi connectivity index (χ1) is 15.4. The molecule has 1 aliphatic heterocycles. The molecule has 2 aromatic carbocycles. The zero-order valence-corrected chi connectivity index (χ0v) is 19.8. The van der Waals surface area contributed by atoms with E-state index < -0.39 is 0 Å². The quantitative estimate of drug-likeness (QED) is 0.680. The summed E-state index contributed by atoms with van der Waals surface area (Å²) in [6, 6.07) is 13.9. The van der Waals surface area contributed by atoms with Crippen LogP contribution in [0.25, 0.3) is 0 Å². The number of anilines is 1. The molecule has 5 nitrogen and oxygen atoms in total. The fourth-order valence-electron chi connectivity index (χ4n) is 4.52. The van der Waals surface area contributed by atoms with Crippen molar-refractivity contribution < 1.29 is 9.53 Å². The average molecular weight is 436 g/mol. The predicted molar refractivity (Wildman–Crippen MR) is 131 cm³/mol. The second-order valence-electron chi connectivity index (χ2n) is 10.1. The van der Waals surface area contributed by atoms with Crippen molar-refractivity contribution in [1.29, 1.82) is 0 Å². The first-order valence-corrected chi connectivity index (χ1v) is 11.9. The maximum Gasteiger partial charge on any atom is 0.255 e. The van der Waals surface area contributed by atoms with Crippen LogP contribution in [0.5, 0.6) is 5.75 Å². The third kappa shape index (κ3) is 6.11. The van der Waals surface area contributed by atoms with Gasteiger partial charge in [0.25, 0.3) is 5.91 Å². The molecule has 0 bridgehead atoms. The number of benzene rings is 2. The number of hydrogen-bond acceptors (Lipinski definition) is 4. The van der Waals surface area contributed by atoms with Gasteiger partial charge in [0.15, 0.2) is 0 Å². The highest BCUT2D eigenvalue weighted by atomic mass is 16.5. The molecule has 172 valence electrons. The Bertz CT molecular complexity index is 915. The summed E-state index contributed by atoms with van der Waals surface area (Å²) in [5.74, 6) is 0.782. The summed E-state index contributed by atoms with van der Waals surface area (Å²) in [6.07, 6.45) is 4.51. The van der Waals surface area contributed by atoms with Crippen LogP contribution >= 0.6 is 0 Å². The van der Waals surface area contributed by atoms with E-state index in [0.29, 0.717) is 12.0 Å². The van der Waals surface area contributed by atoms with Gasteiger partial charge in [-0.3, -0.25) is 9.69 Å². The fourth-order valence-corrected chi connectivity index (χ4v) is 4.52. The molecule has 32 heavy (non-hydrogen) atoms. The second-order valence-corrected chi connectivity index (χ2v) is 10.1. The van der Waals surface area contributed by atoms with Crippen LogP contribution in [0.1, 0.15) is 48.2 Å². The zero-order valence-electron chi connectivity index (χ0n) is 19.8. The van der Waals surface area contributed by atoms with E-state index in [9.17, 15) is 4.79 Å². The normalized spacial score (nSPS) is 19.1. The van der Waals surface area contributed by atoms with E-state index in [1.54, 1.807) is 0 Å². The highest BCUT2D eigenvalue weighted by molar-refractivity contribution is 6.04. The topological polar surface area (TPSA) is 44.8 Å². The lowest BCUT2D eigenvalue weighted by Gasteiger charge is -2.32. The van der Waals surface area contributed by atoms with Gasteiger partial charge in [-0.1, -0.05) is 19.9 Å². The molecular weight excluding hydrogens is 398 g/mol. The lowest BCUT2D eigenvalue weighted by Crippen LogP contribution is -2.45. The van der Waals surface area contributed by atoms with Gasteiger partial charge in [-0.05, 0) is 85.7 Å². The number of carbonyl (C=O) groups is 1. The summed E-state index contributed by atoms with van der Waals surface area (Å²) in [7, 11) is 2.17. The number of likely N-dealkylation sites (N-methyl/N-ethyl adjacent to an activating group) is 1. The molecule has 4 rings (SSSR count). The van der Waals surface area contributed by atoms with Gasteiger partial charge in [-0.2, -0.15) is 0 Å². The first kappa shape index (κ1) is 22.8. The molecule has 1 N–H and O–H groups in total. The van der Waals surface area contributed by atoms with Crippen LogP contribution in [0.3, 0.4) is 0 Å². The van der Waals surface area contributed by atoms with Gasteiger partial charge in [0.05, 0.1) is 0 Å². The van der Waals surface area contributed by atoms with Crippen molar-refractivity contribution in [3.8, 4) is 5.75 Å². The Morgan fingerprint density at radius 2 is 1.66 bits per heavy atom. The third-order valence-electron chi connectivity index (χ3n) is 7.00. The minimum atomic E-state index is -0.0555. The van der Waals surface area contributed by atoms with Crippen LogP contribution < -0.4 is 10.1 Å². The second kappa shape index (κ2) is 10.1. The molecule has 0 atom stereocenters. The molecule has 0 radical (unpaired) electrons. The minimum Gasteiger partial charge on any atom is -0.492 e. The number of aryl methyl sites for hydroxylation is 2. The molecule has 2 aliphatic rings. The Balaban J connectivity index is 1.28. The summed E-state index contributed by atoms with van der Waals surface area (Å²) in [6.45, 7) is 10.8. The lowest BCUT2D eigenvalue weighted by molar-refractivity contribution is 0.102. The van der Waals surface area contributed by atoms with Gasteiger partial charge < -0.3 is 15.0 Å². The molecule has 1 fully saturated rings. The maximum atomic E-state index is 12.8. The van der Waals surface area contributed by atoms with Crippen LogP contribution in [0.4, 0.5) is 5.69 Å². The Labute approximate surface area is 192 Å². The summed E-state index contributed by atoms with van der Waals surface area (Å²) in [5.41, 5.74) is 4.61. The number of carbonyl (C=O) groups excluding carboxylic acids is 1. The molecule has 2 aromatic rings. The largest absolute Gasteiger partial charge is 0.492 e. The molecule has 1 saturated heterocycles. The van der Waals surface area contributed by atoms with Crippen LogP contribution in [-0.2, 0) is 12.8 Å². The molecule has 1 aliphatic carbocycles. The van der Waals surface area contributed by atoms with Crippen LogP contribution in [-0.4, -0.2) is 62.1 Å². The SMILES string of the molecule is CN1CCN(CCOc2ccc(NC(=O)c3ccc4c(c3)CCC(C)(C)CC4)cc2)CC1. The Morgan fingerprint density at radius 1 is 0.969 bits per heavy atom. The Kier molecular flexibility index (Phi) is 7.17. The van der Waals surface area contributed by atoms with E-state index in [4.69, 9.17) is 4.74 Å². The Hall–Kier alpha value is -2.37. The molecule has 0 saturated carbocycles. The summed E-state index contributed by atoms with van der Waals surface area (Å²) < 4.78 is 5.90. The summed E-state index contributed by atoms with van der Waals surface area (Å²) in [4.78, 5) is 17.6. The fraction of sp³-hybridized carbons (Fsp3) is 0.519. The van der Waals surface area contributed by atoms with Gasteiger partial charge in [0, 0.05) is 44.0 Å². The number of ether oxygens (including phenoxy) is 1. The van der Waals surface area contributed by atoms with E-state index >= 15 is 0 Å². The number of piperazine rings is 1. The molecule has 0 aromatic heterocycles. The number of amides is 1. The molecule has 0 unspecified atom stereocenters. The number of fused-ring (bicyclic) bond motifs is 1. The first-order valence-electron chi connectivity index (χ1n) is 11.9.